The Bertz CT molecular complexity index is 833. The van der Waals surface area contributed by atoms with Crippen LogP contribution in [0.1, 0.15) is 6.92 Å². The van der Waals surface area contributed by atoms with Crippen molar-refractivity contribution in [3.8, 4) is 11.6 Å². The highest BCUT2D eigenvalue weighted by Crippen LogP contribution is 2.38. The normalized spacial score (nSPS) is 12.0. The van der Waals surface area contributed by atoms with Crippen LogP contribution < -0.4 is 0 Å². The molecule has 120 valence electrons. The number of hydrogen-bond donors (Lipinski definition) is 0. The van der Waals surface area contributed by atoms with Crippen molar-refractivity contribution in [2.75, 3.05) is 5.75 Å². The predicted octanol–water partition coefficient (Wildman–Crippen LogP) is 5.61. The Kier molecular flexibility index (Phi) is 4.54. The van der Waals surface area contributed by atoms with Crippen LogP contribution in [-0.4, -0.2) is 21.2 Å². The molecule has 23 heavy (non-hydrogen) atoms. The van der Waals surface area contributed by atoms with E-state index in [0.29, 0.717) is 22.7 Å². The maximum atomic E-state index is 12.5. The second-order valence-corrected chi connectivity index (χ2v) is 6.92. The number of aromatic nitrogens is 2. The monoisotopic (exact) mass is 356 g/mol. The van der Waals surface area contributed by atoms with Gasteiger partial charge in [-0.3, -0.25) is 0 Å². The Morgan fingerprint density at radius 1 is 1.22 bits per heavy atom. The first-order valence-corrected chi connectivity index (χ1v) is 8.51. The third-order valence-corrected chi connectivity index (χ3v) is 4.52. The molecule has 0 amide bonds. The lowest BCUT2D eigenvalue weighted by Crippen LogP contribution is -1.98. The van der Waals surface area contributed by atoms with Crippen LogP contribution in [0.25, 0.3) is 22.7 Å². The second-order valence-electron chi connectivity index (χ2n) is 4.48. The van der Waals surface area contributed by atoms with Gasteiger partial charge in [0.15, 0.2) is 5.58 Å². The zero-order valence-electron chi connectivity index (χ0n) is 11.9. The Morgan fingerprint density at radius 3 is 2.78 bits per heavy atom. The van der Waals surface area contributed by atoms with Gasteiger partial charge in [0.25, 0.3) is 0 Å². The number of rotatable bonds is 4. The molecule has 2 aromatic heterocycles. The molecule has 0 saturated heterocycles. The molecule has 0 atom stereocenters. The van der Waals surface area contributed by atoms with E-state index in [4.69, 9.17) is 4.42 Å². The average Bonchev–Trinajstić information content (AvgIpc) is 2.89. The summed E-state index contributed by atoms with van der Waals surface area (Å²) in [5.41, 5.74) is -2.91. The molecule has 3 rings (SSSR count). The summed E-state index contributed by atoms with van der Waals surface area (Å²) in [5, 5.41) is 0. The van der Waals surface area contributed by atoms with Crippen LogP contribution in [0.4, 0.5) is 13.2 Å². The van der Waals surface area contributed by atoms with Crippen LogP contribution >= 0.6 is 23.5 Å². The van der Waals surface area contributed by atoms with Gasteiger partial charge in [-0.05, 0) is 47.8 Å². The van der Waals surface area contributed by atoms with Crippen LogP contribution in [0.3, 0.4) is 0 Å². The zero-order chi connectivity index (χ0) is 16.4. The summed E-state index contributed by atoms with van der Waals surface area (Å²) in [7, 11) is 0. The van der Waals surface area contributed by atoms with E-state index in [1.54, 1.807) is 18.0 Å². The zero-order valence-corrected chi connectivity index (χ0v) is 13.6. The fourth-order valence-corrected chi connectivity index (χ4v) is 3.37. The molecular weight excluding hydrogens is 345 g/mol. The van der Waals surface area contributed by atoms with E-state index in [1.807, 2.05) is 19.1 Å². The van der Waals surface area contributed by atoms with Gasteiger partial charge in [0.1, 0.15) is 11.2 Å². The fourth-order valence-electron chi connectivity index (χ4n) is 2.03. The molecule has 8 heteroatoms. The third kappa shape index (κ3) is 3.81. The number of halogens is 3. The number of pyridine rings is 1. The highest BCUT2D eigenvalue weighted by atomic mass is 32.2. The minimum Gasteiger partial charge on any atom is -0.435 e. The lowest BCUT2D eigenvalue weighted by Gasteiger charge is -2.04. The van der Waals surface area contributed by atoms with Crippen LogP contribution in [0.5, 0.6) is 0 Å². The molecule has 0 aliphatic heterocycles. The SMILES string of the molecule is CCSc1cccnc1-c1nc2cc(SC(F)(F)F)ccc2o1. The lowest BCUT2D eigenvalue weighted by molar-refractivity contribution is -0.0328. The number of hydrogen-bond acceptors (Lipinski definition) is 5. The molecule has 0 aliphatic carbocycles. The molecule has 0 radical (unpaired) electrons. The van der Waals surface area contributed by atoms with E-state index in [0.717, 1.165) is 10.6 Å². The summed E-state index contributed by atoms with van der Waals surface area (Å²) in [6.45, 7) is 2.02. The summed E-state index contributed by atoms with van der Waals surface area (Å²) in [5.74, 6) is 1.18. The van der Waals surface area contributed by atoms with E-state index >= 15 is 0 Å². The Hall–Kier alpha value is -1.67. The summed E-state index contributed by atoms with van der Waals surface area (Å²) in [6, 6.07) is 7.97. The van der Waals surface area contributed by atoms with Crippen molar-refractivity contribution < 1.29 is 17.6 Å². The number of fused-ring (bicyclic) bond motifs is 1. The first kappa shape index (κ1) is 16.2. The van der Waals surface area contributed by atoms with Crippen molar-refractivity contribution in [1.82, 2.24) is 9.97 Å². The average molecular weight is 356 g/mol. The number of thioether (sulfide) groups is 2. The standard InChI is InChI=1S/C15H11F3N2OS2/c1-2-22-12-4-3-7-19-13(12)14-20-10-8-9(23-15(16,17)18)5-6-11(10)21-14/h3-8H,2H2,1H3. The summed E-state index contributed by atoms with van der Waals surface area (Å²) in [6.07, 6.45) is 1.63. The Labute approximate surface area is 138 Å². The van der Waals surface area contributed by atoms with E-state index < -0.39 is 5.51 Å². The van der Waals surface area contributed by atoms with Gasteiger partial charge in [0, 0.05) is 16.0 Å². The molecule has 0 saturated carbocycles. The van der Waals surface area contributed by atoms with Gasteiger partial charge < -0.3 is 4.42 Å². The number of nitrogens with zero attached hydrogens (tertiary/aromatic N) is 2. The predicted molar refractivity (Wildman–Crippen MR) is 85.6 cm³/mol. The molecule has 3 nitrogen and oxygen atoms in total. The third-order valence-electron chi connectivity index (χ3n) is 2.87. The lowest BCUT2D eigenvalue weighted by atomic mass is 10.3. The maximum absolute atomic E-state index is 12.5. The highest BCUT2D eigenvalue weighted by Gasteiger charge is 2.29. The molecule has 0 bridgehead atoms. The van der Waals surface area contributed by atoms with Crippen LogP contribution in [-0.2, 0) is 0 Å². The van der Waals surface area contributed by atoms with Crippen molar-refractivity contribution in [1.29, 1.82) is 0 Å². The molecule has 1 aromatic carbocycles. The van der Waals surface area contributed by atoms with Gasteiger partial charge in [-0.25, -0.2) is 9.97 Å². The second kappa shape index (κ2) is 6.45. The summed E-state index contributed by atoms with van der Waals surface area (Å²) < 4.78 is 43.0. The minimum atomic E-state index is -4.33. The van der Waals surface area contributed by atoms with Crippen molar-refractivity contribution >= 4 is 34.6 Å². The first-order chi connectivity index (χ1) is 11.0. The molecule has 3 aromatic rings. The van der Waals surface area contributed by atoms with Crippen LogP contribution in [0, 0.1) is 0 Å². The van der Waals surface area contributed by atoms with E-state index in [2.05, 4.69) is 9.97 Å². The largest absolute Gasteiger partial charge is 0.446 e. The van der Waals surface area contributed by atoms with E-state index in [1.165, 1.54) is 18.2 Å². The van der Waals surface area contributed by atoms with Crippen molar-refractivity contribution in [3.63, 3.8) is 0 Å². The molecule has 0 unspecified atom stereocenters. The van der Waals surface area contributed by atoms with E-state index in [9.17, 15) is 13.2 Å². The van der Waals surface area contributed by atoms with Gasteiger partial charge in [-0.2, -0.15) is 13.2 Å². The van der Waals surface area contributed by atoms with Gasteiger partial charge in [-0.1, -0.05) is 6.92 Å². The van der Waals surface area contributed by atoms with Gasteiger partial charge in [-0.15, -0.1) is 11.8 Å². The van der Waals surface area contributed by atoms with E-state index in [-0.39, 0.29) is 16.7 Å². The van der Waals surface area contributed by atoms with Crippen molar-refractivity contribution in [3.05, 3.63) is 36.5 Å². The summed E-state index contributed by atoms with van der Waals surface area (Å²) >= 11 is 1.43. The number of oxazole rings is 1. The Morgan fingerprint density at radius 2 is 2.04 bits per heavy atom. The summed E-state index contributed by atoms with van der Waals surface area (Å²) in [4.78, 5) is 9.58. The molecule has 2 heterocycles. The van der Waals surface area contributed by atoms with Gasteiger partial charge in [0.05, 0.1) is 0 Å². The number of alkyl halides is 3. The smallest absolute Gasteiger partial charge is 0.435 e. The van der Waals surface area contributed by atoms with Crippen LogP contribution in [0.15, 0.2) is 50.7 Å². The minimum absolute atomic E-state index is 0.0778. The number of benzene rings is 1. The topological polar surface area (TPSA) is 38.9 Å². The Balaban J connectivity index is 2.00. The van der Waals surface area contributed by atoms with Crippen molar-refractivity contribution in [2.45, 2.75) is 22.2 Å². The molecule has 0 fully saturated rings. The molecule has 0 N–H and O–H groups in total. The van der Waals surface area contributed by atoms with Crippen LogP contribution in [0.2, 0.25) is 0 Å². The van der Waals surface area contributed by atoms with Crippen molar-refractivity contribution in [2.24, 2.45) is 0 Å². The van der Waals surface area contributed by atoms with Gasteiger partial charge in [0.2, 0.25) is 5.89 Å². The fraction of sp³-hybridized carbons (Fsp3) is 0.200. The molecule has 0 aliphatic rings. The quantitative estimate of drug-likeness (QED) is 0.568. The maximum Gasteiger partial charge on any atom is 0.446 e. The molecular formula is C15H11F3N2OS2. The highest BCUT2D eigenvalue weighted by molar-refractivity contribution is 8.00. The first-order valence-electron chi connectivity index (χ1n) is 6.71. The van der Waals surface area contributed by atoms with Gasteiger partial charge >= 0.3 is 5.51 Å². The molecule has 0 spiro atoms.